The summed E-state index contributed by atoms with van der Waals surface area (Å²) in [6.07, 6.45) is -0.212. The minimum Gasteiger partial charge on any atom is -0.380 e. The number of hydrogen-bond donors (Lipinski definition) is 5. The molecule has 1 aliphatic carbocycles. The van der Waals surface area contributed by atoms with Crippen molar-refractivity contribution in [2.75, 3.05) is 16.5 Å². The Morgan fingerprint density at radius 1 is 0.962 bits per heavy atom. The summed E-state index contributed by atoms with van der Waals surface area (Å²) in [4.78, 5) is 54.3. The molecule has 0 radical (unpaired) electrons. The molecule has 0 spiro atoms. The zero-order valence-electron chi connectivity index (χ0n) is 26.8. The molecule has 0 aliphatic heterocycles. The number of alkyl halides is 1. The van der Waals surface area contributed by atoms with Gasteiger partial charge in [-0.1, -0.05) is 41.4 Å². The third-order valence-corrected chi connectivity index (χ3v) is 10.2. The van der Waals surface area contributed by atoms with Crippen LogP contribution < -0.4 is 20.4 Å². The van der Waals surface area contributed by atoms with E-state index in [4.69, 9.17) is 21.0 Å². The molecule has 274 valence electrons. The van der Waals surface area contributed by atoms with Gasteiger partial charge in [-0.2, -0.15) is 12.6 Å². The fraction of sp³-hybridized carbons (Fsp3) is 0.0909. The lowest BCUT2D eigenvalue weighted by Crippen LogP contribution is -2.29. The Bertz CT molecular complexity index is 2560. The lowest BCUT2D eigenvalue weighted by atomic mass is 9.80. The highest BCUT2D eigenvalue weighted by Gasteiger charge is 2.34. The summed E-state index contributed by atoms with van der Waals surface area (Å²) in [6, 6.07) is 16.7. The third kappa shape index (κ3) is 7.34. The van der Waals surface area contributed by atoms with E-state index in [9.17, 15) is 40.9 Å². The van der Waals surface area contributed by atoms with Crippen molar-refractivity contribution in [1.82, 2.24) is 4.57 Å². The summed E-state index contributed by atoms with van der Waals surface area (Å²) in [7, 11) is -3.55. The first kappa shape index (κ1) is 37.8. The standard InChI is InChI=1S/C33H24ClN3O13S3/c1-37-23-10-9-20(35-21-14-22(36-26(38)11-12-34)25(53(45,46)47)15-24(21)51-50-49-42)28-29(23)27(18-7-2-3-8-19(18)32(28)40)30(33(37)41)31(39)16-5-4-6-17(13-16)48-52(43)44/h2-10,13-15,35,42H,11-12H2,1H3,(H,36,38)(H,43,44)(H,45,46,47). The van der Waals surface area contributed by atoms with E-state index in [0.717, 1.165) is 12.1 Å². The Balaban J connectivity index is 1.62. The first-order valence-corrected chi connectivity index (χ1v) is 18.7. The molecular formula is C33H24ClN3O13S3. The summed E-state index contributed by atoms with van der Waals surface area (Å²) in [6.45, 7) is 0. The van der Waals surface area contributed by atoms with Crippen molar-refractivity contribution in [2.45, 2.75) is 16.2 Å². The summed E-state index contributed by atoms with van der Waals surface area (Å²) >= 11 is 3.29. The second-order valence-electron chi connectivity index (χ2n) is 11.2. The Labute approximate surface area is 310 Å². The van der Waals surface area contributed by atoms with E-state index < -0.39 is 49.4 Å². The molecule has 0 saturated heterocycles. The second-order valence-corrected chi connectivity index (χ2v) is 14.3. The summed E-state index contributed by atoms with van der Waals surface area (Å²) in [5.41, 5.74) is -0.591. The lowest BCUT2D eigenvalue weighted by Gasteiger charge is -2.26. The van der Waals surface area contributed by atoms with Crippen LogP contribution in [0.15, 0.2) is 87.4 Å². The van der Waals surface area contributed by atoms with Crippen molar-refractivity contribution in [1.29, 1.82) is 0 Å². The zero-order chi connectivity index (χ0) is 38.2. The molecule has 0 fully saturated rings. The van der Waals surface area contributed by atoms with Gasteiger partial charge in [-0.25, -0.2) is 5.26 Å². The Kier molecular flexibility index (Phi) is 10.8. The quantitative estimate of drug-likeness (QED) is 0.0185. The van der Waals surface area contributed by atoms with Crippen molar-refractivity contribution >= 4 is 90.6 Å². The average molecular weight is 802 g/mol. The number of benzene rings is 4. The summed E-state index contributed by atoms with van der Waals surface area (Å²) in [5.74, 6) is -2.21. The van der Waals surface area contributed by atoms with Gasteiger partial charge in [0.15, 0.2) is 11.6 Å². The number of fused-ring (bicyclic) bond motifs is 2. The first-order valence-electron chi connectivity index (χ1n) is 15.0. The third-order valence-electron chi connectivity index (χ3n) is 8.10. The highest BCUT2D eigenvalue weighted by Crippen LogP contribution is 2.45. The van der Waals surface area contributed by atoms with Gasteiger partial charge in [-0.05, 0) is 42.0 Å². The molecule has 6 rings (SSSR count). The number of nitrogens with zero attached hydrogens (tertiary/aromatic N) is 1. The van der Waals surface area contributed by atoms with E-state index in [1.165, 1.54) is 54.1 Å². The molecule has 5 aromatic rings. The molecule has 1 aliphatic rings. The van der Waals surface area contributed by atoms with Crippen LogP contribution in [0.5, 0.6) is 5.75 Å². The second kappa shape index (κ2) is 15.2. The number of anilines is 3. The van der Waals surface area contributed by atoms with Gasteiger partial charge < -0.3 is 19.4 Å². The molecule has 5 N–H and O–H groups in total. The molecule has 1 atom stereocenters. The number of amides is 1. The van der Waals surface area contributed by atoms with Crippen LogP contribution in [0.2, 0.25) is 0 Å². The van der Waals surface area contributed by atoms with Crippen LogP contribution in [0.25, 0.3) is 22.0 Å². The number of nitrogens with one attached hydrogen (secondary N) is 2. The minimum absolute atomic E-state index is 0.00419. The molecule has 4 aromatic carbocycles. The number of ketones is 2. The molecule has 1 amide bonds. The van der Waals surface area contributed by atoms with Gasteiger partial charge in [-0.3, -0.25) is 28.3 Å². The zero-order valence-corrected chi connectivity index (χ0v) is 30.0. The number of hydrogen-bond acceptors (Lipinski definition) is 13. The maximum atomic E-state index is 14.4. The number of rotatable bonds is 13. The Morgan fingerprint density at radius 3 is 2.38 bits per heavy atom. The van der Waals surface area contributed by atoms with Gasteiger partial charge in [0.2, 0.25) is 5.91 Å². The Hall–Kier alpha value is -4.96. The lowest BCUT2D eigenvalue weighted by molar-refractivity contribution is -0.432. The number of pyridine rings is 1. The predicted octanol–water partition coefficient (Wildman–Crippen LogP) is 5.48. The van der Waals surface area contributed by atoms with E-state index >= 15 is 0 Å². The van der Waals surface area contributed by atoms with E-state index in [-0.39, 0.29) is 84.3 Å². The van der Waals surface area contributed by atoms with Crippen molar-refractivity contribution in [3.8, 4) is 16.9 Å². The number of carbonyl (C=O) groups is 3. The van der Waals surface area contributed by atoms with Crippen LogP contribution in [-0.4, -0.2) is 54.9 Å². The monoisotopic (exact) mass is 801 g/mol. The molecule has 53 heavy (non-hydrogen) atoms. The predicted molar refractivity (Wildman–Crippen MR) is 193 cm³/mol. The average Bonchev–Trinajstić information content (AvgIpc) is 3.11. The van der Waals surface area contributed by atoms with Crippen LogP contribution in [0.1, 0.15) is 38.3 Å². The number of aryl methyl sites for hydroxylation is 1. The van der Waals surface area contributed by atoms with E-state index in [1.54, 1.807) is 18.2 Å². The van der Waals surface area contributed by atoms with Gasteiger partial charge in [0, 0.05) is 41.4 Å². The molecule has 16 nitrogen and oxygen atoms in total. The molecule has 0 saturated carbocycles. The fourth-order valence-corrected chi connectivity index (χ4v) is 7.58. The topological polar surface area (TPSA) is 237 Å². The van der Waals surface area contributed by atoms with Crippen LogP contribution >= 0.6 is 23.6 Å². The van der Waals surface area contributed by atoms with Crippen molar-refractivity contribution in [3.63, 3.8) is 0 Å². The van der Waals surface area contributed by atoms with Gasteiger partial charge in [0.1, 0.15) is 10.6 Å². The molecule has 1 unspecified atom stereocenters. The molecule has 1 heterocycles. The number of halogens is 1. The van der Waals surface area contributed by atoms with Crippen molar-refractivity contribution in [2.24, 2.45) is 7.05 Å². The van der Waals surface area contributed by atoms with Crippen LogP contribution in [-0.2, 0) is 42.7 Å². The van der Waals surface area contributed by atoms with Crippen LogP contribution in [0, 0.1) is 0 Å². The highest BCUT2D eigenvalue weighted by atomic mass is 35.5. The van der Waals surface area contributed by atoms with E-state index in [0.29, 0.717) is 12.0 Å². The largest absolute Gasteiger partial charge is 0.380 e. The molecule has 0 bridgehead atoms. The molecule has 20 heteroatoms. The highest BCUT2D eigenvalue weighted by molar-refractivity contribution is 7.94. The number of aromatic nitrogens is 1. The fourth-order valence-electron chi connectivity index (χ4n) is 5.94. The van der Waals surface area contributed by atoms with Gasteiger partial charge in [0.25, 0.3) is 15.7 Å². The Morgan fingerprint density at radius 2 is 1.70 bits per heavy atom. The van der Waals surface area contributed by atoms with E-state index in [2.05, 4.69) is 20.0 Å². The SMILES string of the molecule is Cn1c(=O)c(C(=O)c2cccc(OS(=O)O)c2)c2c3c(c(Nc4cc(NC(=O)CCCl)c(S(=O)(=O)O)cc4SOOO)ccc31)C(=O)c1ccccc1-2. The van der Waals surface area contributed by atoms with E-state index in [1.807, 2.05) is 0 Å². The molecular weight excluding hydrogens is 778 g/mol. The van der Waals surface area contributed by atoms with Crippen molar-refractivity contribution < 1.29 is 54.9 Å². The van der Waals surface area contributed by atoms with Crippen LogP contribution in [0.3, 0.4) is 0 Å². The smallest absolute Gasteiger partial charge is 0.357 e. The van der Waals surface area contributed by atoms with Gasteiger partial charge >= 0.3 is 11.4 Å². The first-order chi connectivity index (χ1) is 25.2. The van der Waals surface area contributed by atoms with Crippen molar-refractivity contribution in [3.05, 3.63) is 105 Å². The summed E-state index contributed by atoms with van der Waals surface area (Å²) in [5, 5.41) is 18.2. The summed E-state index contributed by atoms with van der Waals surface area (Å²) < 4.78 is 65.8. The van der Waals surface area contributed by atoms with Gasteiger partial charge in [0.05, 0.1) is 50.6 Å². The molecule has 1 aromatic heterocycles. The minimum atomic E-state index is -4.97. The van der Waals surface area contributed by atoms with Crippen LogP contribution in [0.4, 0.5) is 17.1 Å². The van der Waals surface area contributed by atoms with Gasteiger partial charge in [-0.15, -0.1) is 15.9 Å². The normalized spacial score (nSPS) is 12.7. The number of carbonyl (C=O) groups excluding carboxylic acids is 3. The maximum absolute atomic E-state index is 14.4. The maximum Gasteiger partial charge on any atom is 0.357 e.